The van der Waals surface area contributed by atoms with Crippen LogP contribution in [0.25, 0.3) is 6.08 Å². The van der Waals surface area contributed by atoms with Gasteiger partial charge in [-0.05, 0) is 35.9 Å². The molecule has 2 aromatic carbocycles. The molecule has 24 heavy (non-hydrogen) atoms. The number of nitrogens with zero attached hydrogens (tertiary/aromatic N) is 1. The van der Waals surface area contributed by atoms with Crippen LogP contribution in [-0.2, 0) is 9.84 Å². The number of nitriles is 1. The number of sulfone groups is 1. The lowest BCUT2D eigenvalue weighted by Crippen LogP contribution is -2.17. The number of hydrogen-bond donors (Lipinski definition) is 0. The van der Waals surface area contributed by atoms with Gasteiger partial charge in [-0.2, -0.15) is 5.26 Å². The van der Waals surface area contributed by atoms with Gasteiger partial charge in [-0.3, -0.25) is 0 Å². The van der Waals surface area contributed by atoms with E-state index in [-0.39, 0.29) is 10.5 Å². The molecule has 0 saturated carbocycles. The maximum Gasteiger partial charge on any atom is 0.573 e. The Morgan fingerprint density at radius 2 is 1.75 bits per heavy atom. The highest BCUT2D eigenvalue weighted by molar-refractivity contribution is 7.95. The van der Waals surface area contributed by atoms with Gasteiger partial charge in [-0.15, -0.1) is 13.2 Å². The average Bonchev–Trinajstić information content (AvgIpc) is 2.52. The molecule has 4 nitrogen and oxygen atoms in total. The van der Waals surface area contributed by atoms with Crippen LogP contribution in [0.4, 0.5) is 13.2 Å². The predicted molar refractivity (Wildman–Crippen MR) is 80.3 cm³/mol. The number of benzene rings is 2. The second kappa shape index (κ2) is 6.76. The summed E-state index contributed by atoms with van der Waals surface area (Å²) < 4.78 is 65.2. The average molecular weight is 353 g/mol. The third-order valence-electron chi connectivity index (χ3n) is 2.84. The van der Waals surface area contributed by atoms with Gasteiger partial charge in [-0.1, -0.05) is 30.3 Å². The molecule has 0 amide bonds. The van der Waals surface area contributed by atoms with Crippen LogP contribution in [-0.4, -0.2) is 14.8 Å². The largest absolute Gasteiger partial charge is 0.573 e. The molecule has 0 N–H and O–H groups in total. The van der Waals surface area contributed by atoms with Crippen LogP contribution in [0.1, 0.15) is 5.56 Å². The molecule has 124 valence electrons. The molecule has 0 aromatic heterocycles. The van der Waals surface area contributed by atoms with E-state index in [0.717, 1.165) is 18.2 Å². The standard InChI is InChI=1S/C16H10F3NO3S/c17-16(18,19)23-13-6-4-5-12(9-13)10-15(11-20)24(21,22)14-7-2-1-3-8-14/h1-10H/b15-10+. The SMILES string of the molecule is N#C/C(=C\c1cccc(OC(F)(F)F)c1)S(=O)(=O)c1ccccc1. The van der Waals surface area contributed by atoms with Gasteiger partial charge in [0, 0.05) is 0 Å². The molecule has 2 aromatic rings. The highest BCUT2D eigenvalue weighted by Crippen LogP contribution is 2.26. The quantitative estimate of drug-likeness (QED) is 0.781. The van der Waals surface area contributed by atoms with Crippen LogP contribution in [0, 0.1) is 11.3 Å². The number of rotatable bonds is 4. The molecule has 2 rings (SSSR count). The highest BCUT2D eigenvalue weighted by Gasteiger charge is 2.31. The van der Waals surface area contributed by atoms with Crippen molar-refractivity contribution in [1.29, 1.82) is 5.26 Å². The van der Waals surface area contributed by atoms with Gasteiger partial charge < -0.3 is 4.74 Å². The summed E-state index contributed by atoms with van der Waals surface area (Å²) in [6, 6.07) is 13.5. The Morgan fingerprint density at radius 1 is 1.08 bits per heavy atom. The molecule has 0 radical (unpaired) electrons. The van der Waals surface area contributed by atoms with Gasteiger partial charge in [0.25, 0.3) is 0 Å². The Hall–Kier alpha value is -2.79. The van der Waals surface area contributed by atoms with Crippen LogP contribution in [0.3, 0.4) is 0 Å². The third kappa shape index (κ3) is 4.36. The molecule has 0 aliphatic rings. The zero-order chi connectivity index (χ0) is 17.8. The van der Waals surface area contributed by atoms with Gasteiger partial charge in [0.05, 0.1) is 4.90 Å². The zero-order valence-electron chi connectivity index (χ0n) is 12.0. The Bertz CT molecular complexity index is 898. The first-order valence-electron chi connectivity index (χ1n) is 6.50. The van der Waals surface area contributed by atoms with Crippen molar-refractivity contribution in [2.24, 2.45) is 0 Å². The van der Waals surface area contributed by atoms with Crippen LogP contribution in [0.5, 0.6) is 5.75 Å². The van der Waals surface area contributed by atoms with E-state index in [1.807, 2.05) is 0 Å². The summed E-state index contributed by atoms with van der Waals surface area (Å²) in [5, 5.41) is 9.13. The molecule has 0 saturated heterocycles. The van der Waals surface area contributed by atoms with E-state index in [0.29, 0.717) is 0 Å². The fourth-order valence-corrected chi connectivity index (χ4v) is 3.03. The van der Waals surface area contributed by atoms with Gasteiger partial charge in [0.15, 0.2) is 0 Å². The first kappa shape index (κ1) is 17.6. The normalized spacial score (nSPS) is 12.5. The highest BCUT2D eigenvalue weighted by atomic mass is 32.2. The molecule has 0 heterocycles. The maximum atomic E-state index is 12.4. The maximum absolute atomic E-state index is 12.4. The summed E-state index contributed by atoms with van der Waals surface area (Å²) >= 11 is 0. The van der Waals surface area contributed by atoms with Crippen molar-refractivity contribution in [3.8, 4) is 11.8 Å². The lowest BCUT2D eigenvalue weighted by Gasteiger charge is -2.09. The van der Waals surface area contributed by atoms with Gasteiger partial charge in [-0.25, -0.2) is 8.42 Å². The van der Waals surface area contributed by atoms with Crippen LogP contribution in [0.15, 0.2) is 64.4 Å². The summed E-state index contributed by atoms with van der Waals surface area (Å²) in [6.07, 6.45) is -3.87. The molecule has 0 aliphatic carbocycles. The Morgan fingerprint density at radius 3 is 2.33 bits per heavy atom. The minimum Gasteiger partial charge on any atom is -0.406 e. The van der Waals surface area contributed by atoms with Crippen molar-refractivity contribution in [3.05, 3.63) is 65.1 Å². The van der Waals surface area contributed by atoms with E-state index >= 15 is 0 Å². The minimum atomic E-state index is -4.86. The van der Waals surface area contributed by atoms with Gasteiger partial charge in [0.1, 0.15) is 16.7 Å². The van der Waals surface area contributed by atoms with E-state index in [9.17, 15) is 21.6 Å². The predicted octanol–water partition coefficient (Wildman–Crippen LogP) is 3.92. The Labute approximate surface area is 136 Å². The minimum absolute atomic E-state index is 0.0829. The van der Waals surface area contributed by atoms with E-state index < -0.39 is 26.9 Å². The topological polar surface area (TPSA) is 67.2 Å². The van der Waals surface area contributed by atoms with E-state index in [4.69, 9.17) is 5.26 Å². The van der Waals surface area contributed by atoms with E-state index in [1.54, 1.807) is 12.1 Å². The Kier molecular flexibility index (Phi) is 4.95. The van der Waals surface area contributed by atoms with Crippen LogP contribution < -0.4 is 4.74 Å². The van der Waals surface area contributed by atoms with Crippen molar-refractivity contribution >= 4 is 15.9 Å². The fraction of sp³-hybridized carbons (Fsp3) is 0.0625. The molecular weight excluding hydrogens is 343 g/mol. The fourth-order valence-electron chi connectivity index (χ4n) is 1.85. The molecule has 8 heteroatoms. The van der Waals surface area contributed by atoms with Crippen molar-refractivity contribution in [3.63, 3.8) is 0 Å². The van der Waals surface area contributed by atoms with Gasteiger partial charge >= 0.3 is 6.36 Å². The first-order valence-corrected chi connectivity index (χ1v) is 7.98. The molecule has 0 unspecified atom stereocenters. The van der Waals surface area contributed by atoms with E-state index in [1.165, 1.54) is 36.4 Å². The zero-order valence-corrected chi connectivity index (χ0v) is 12.8. The number of hydrogen-bond acceptors (Lipinski definition) is 4. The molecule has 0 atom stereocenters. The number of ether oxygens (including phenoxy) is 1. The Balaban J connectivity index is 2.42. The summed E-state index contributed by atoms with van der Waals surface area (Å²) in [4.78, 5) is -0.668. The first-order chi connectivity index (χ1) is 11.2. The second-order valence-electron chi connectivity index (χ2n) is 4.56. The summed E-state index contributed by atoms with van der Waals surface area (Å²) in [7, 11) is -4.06. The number of halogens is 3. The third-order valence-corrected chi connectivity index (χ3v) is 4.52. The molecule has 0 aliphatic heterocycles. The molecular formula is C16H10F3NO3S. The summed E-state index contributed by atoms with van der Waals surface area (Å²) in [5.74, 6) is -0.509. The van der Waals surface area contributed by atoms with Crippen molar-refractivity contribution < 1.29 is 26.3 Å². The molecule has 0 spiro atoms. The molecule has 0 bridgehead atoms. The van der Waals surface area contributed by atoms with Gasteiger partial charge in [0.2, 0.25) is 9.84 Å². The second-order valence-corrected chi connectivity index (χ2v) is 6.48. The number of alkyl halides is 3. The van der Waals surface area contributed by atoms with Crippen molar-refractivity contribution in [2.75, 3.05) is 0 Å². The smallest absolute Gasteiger partial charge is 0.406 e. The van der Waals surface area contributed by atoms with Crippen LogP contribution >= 0.6 is 0 Å². The van der Waals surface area contributed by atoms with Crippen molar-refractivity contribution in [1.82, 2.24) is 0 Å². The monoisotopic (exact) mass is 353 g/mol. The van der Waals surface area contributed by atoms with E-state index in [2.05, 4.69) is 4.74 Å². The lowest BCUT2D eigenvalue weighted by atomic mass is 10.2. The molecule has 0 fully saturated rings. The summed E-state index contributed by atoms with van der Waals surface area (Å²) in [5.41, 5.74) is 0.0906. The van der Waals surface area contributed by atoms with Crippen molar-refractivity contribution in [2.45, 2.75) is 11.3 Å². The summed E-state index contributed by atoms with van der Waals surface area (Å²) in [6.45, 7) is 0. The van der Waals surface area contributed by atoms with Crippen LogP contribution in [0.2, 0.25) is 0 Å². The lowest BCUT2D eigenvalue weighted by molar-refractivity contribution is -0.274. The number of allylic oxidation sites excluding steroid dienone is 1.